The Balaban J connectivity index is 2.18. The van der Waals surface area contributed by atoms with Gasteiger partial charge in [-0.3, -0.25) is 0 Å². The van der Waals surface area contributed by atoms with Gasteiger partial charge in [0.05, 0.1) is 6.26 Å². The Morgan fingerprint density at radius 3 is 2.75 bits per heavy atom. The normalized spacial score (nSPS) is 17.2. The van der Waals surface area contributed by atoms with Crippen LogP contribution in [0, 0.1) is 0 Å². The number of amides is 1. The summed E-state index contributed by atoms with van der Waals surface area (Å²) in [6, 6.07) is 0. The highest BCUT2D eigenvalue weighted by Gasteiger charge is 2.18. The number of nitrogens with zero attached hydrogens (tertiary/aromatic N) is 1. The average Bonchev–Trinajstić information content (AvgIpc) is 2.56. The summed E-state index contributed by atoms with van der Waals surface area (Å²) in [5.74, 6) is 0. The fourth-order valence-electron chi connectivity index (χ4n) is 1.15. The fourth-order valence-corrected chi connectivity index (χ4v) is 1.15. The Labute approximate surface area is 71.4 Å². The van der Waals surface area contributed by atoms with E-state index in [2.05, 4.69) is 0 Å². The lowest BCUT2D eigenvalue weighted by atomic mass is 10.4. The maximum atomic E-state index is 11.1. The molecule has 1 heterocycles. The molecule has 68 valence electrons. The molecule has 1 aliphatic heterocycles. The van der Waals surface area contributed by atoms with Crippen molar-refractivity contribution in [2.45, 2.75) is 12.8 Å². The van der Waals surface area contributed by atoms with E-state index in [0.29, 0.717) is 0 Å². The minimum atomic E-state index is -0.286. The largest absolute Gasteiger partial charge is 0.516 e. The zero-order chi connectivity index (χ0) is 8.81. The van der Waals surface area contributed by atoms with Crippen molar-refractivity contribution in [2.75, 3.05) is 19.7 Å². The van der Waals surface area contributed by atoms with Gasteiger partial charge < -0.3 is 14.7 Å². The standard InChI is InChI=1S/C8H13NO3/c10-6-3-7-12-8(11)9-4-1-2-5-9/h3,6,10H,1-2,4-5,7H2. The zero-order valence-corrected chi connectivity index (χ0v) is 6.90. The number of aliphatic hydroxyl groups is 1. The van der Waals surface area contributed by atoms with Crippen LogP contribution >= 0.6 is 0 Å². The van der Waals surface area contributed by atoms with Crippen LogP contribution in [0.3, 0.4) is 0 Å². The summed E-state index contributed by atoms with van der Waals surface area (Å²) in [6.45, 7) is 1.73. The molecule has 0 saturated carbocycles. The molecular formula is C8H13NO3. The molecule has 0 aromatic heterocycles. The molecule has 1 N–H and O–H groups in total. The third kappa shape index (κ3) is 2.45. The number of hydrogen-bond donors (Lipinski definition) is 1. The fraction of sp³-hybridized carbons (Fsp3) is 0.625. The van der Waals surface area contributed by atoms with E-state index in [1.54, 1.807) is 4.90 Å². The van der Waals surface area contributed by atoms with Crippen LogP contribution in [0.4, 0.5) is 4.79 Å². The van der Waals surface area contributed by atoms with Gasteiger partial charge in [-0.15, -0.1) is 0 Å². The van der Waals surface area contributed by atoms with Crippen LogP contribution in [-0.4, -0.2) is 35.8 Å². The first-order valence-corrected chi connectivity index (χ1v) is 4.05. The molecule has 0 aromatic rings. The minimum absolute atomic E-state index is 0.145. The van der Waals surface area contributed by atoms with E-state index in [4.69, 9.17) is 9.84 Å². The predicted molar refractivity (Wildman–Crippen MR) is 43.9 cm³/mol. The van der Waals surface area contributed by atoms with Crippen LogP contribution < -0.4 is 0 Å². The van der Waals surface area contributed by atoms with E-state index in [-0.39, 0.29) is 12.7 Å². The van der Waals surface area contributed by atoms with Gasteiger partial charge in [0.15, 0.2) is 0 Å². The SMILES string of the molecule is O=C(OCC=CO)N1CCCC1. The molecule has 0 radical (unpaired) electrons. The van der Waals surface area contributed by atoms with Gasteiger partial charge in [0.1, 0.15) is 6.61 Å². The third-order valence-corrected chi connectivity index (χ3v) is 1.77. The lowest BCUT2D eigenvalue weighted by Gasteiger charge is -2.13. The molecule has 1 saturated heterocycles. The third-order valence-electron chi connectivity index (χ3n) is 1.77. The first-order valence-electron chi connectivity index (χ1n) is 4.05. The second kappa shape index (κ2) is 4.64. The van der Waals surface area contributed by atoms with E-state index in [9.17, 15) is 4.79 Å². The second-order valence-corrected chi connectivity index (χ2v) is 2.66. The summed E-state index contributed by atoms with van der Waals surface area (Å²) >= 11 is 0. The molecular weight excluding hydrogens is 158 g/mol. The molecule has 4 heteroatoms. The summed E-state index contributed by atoms with van der Waals surface area (Å²) in [5, 5.41) is 8.26. The Morgan fingerprint density at radius 2 is 2.17 bits per heavy atom. The molecule has 0 spiro atoms. The lowest BCUT2D eigenvalue weighted by molar-refractivity contribution is 0.121. The highest BCUT2D eigenvalue weighted by atomic mass is 16.6. The van der Waals surface area contributed by atoms with Gasteiger partial charge in [0, 0.05) is 13.1 Å². The van der Waals surface area contributed by atoms with Gasteiger partial charge in [0.2, 0.25) is 0 Å². The number of carbonyl (C=O) groups is 1. The first-order chi connectivity index (χ1) is 5.84. The van der Waals surface area contributed by atoms with Gasteiger partial charge in [-0.25, -0.2) is 4.79 Å². The van der Waals surface area contributed by atoms with E-state index in [1.807, 2.05) is 0 Å². The van der Waals surface area contributed by atoms with Crippen molar-refractivity contribution in [1.29, 1.82) is 0 Å². The van der Waals surface area contributed by atoms with Gasteiger partial charge in [-0.05, 0) is 18.9 Å². The van der Waals surface area contributed by atoms with E-state index < -0.39 is 0 Å². The highest BCUT2D eigenvalue weighted by molar-refractivity contribution is 5.67. The maximum Gasteiger partial charge on any atom is 0.410 e. The lowest BCUT2D eigenvalue weighted by Crippen LogP contribution is -2.28. The Kier molecular flexibility index (Phi) is 3.44. The van der Waals surface area contributed by atoms with Crippen LogP contribution in [0.5, 0.6) is 0 Å². The molecule has 1 fully saturated rings. The van der Waals surface area contributed by atoms with Crippen LogP contribution in [0.25, 0.3) is 0 Å². The minimum Gasteiger partial charge on any atom is -0.516 e. The van der Waals surface area contributed by atoms with Crippen molar-refractivity contribution < 1.29 is 14.6 Å². The van der Waals surface area contributed by atoms with Crippen LogP contribution in [0.2, 0.25) is 0 Å². The van der Waals surface area contributed by atoms with Crippen molar-refractivity contribution in [2.24, 2.45) is 0 Å². The van der Waals surface area contributed by atoms with Crippen molar-refractivity contribution in [3.8, 4) is 0 Å². The Hall–Kier alpha value is -1.19. The van der Waals surface area contributed by atoms with Gasteiger partial charge in [-0.1, -0.05) is 0 Å². The first kappa shape index (κ1) is 8.90. The molecule has 0 unspecified atom stereocenters. The number of hydrogen-bond acceptors (Lipinski definition) is 3. The van der Waals surface area contributed by atoms with Crippen molar-refractivity contribution in [1.82, 2.24) is 4.90 Å². The molecule has 1 aliphatic rings. The number of rotatable bonds is 2. The molecule has 0 atom stereocenters. The van der Waals surface area contributed by atoms with Crippen molar-refractivity contribution in [3.63, 3.8) is 0 Å². The van der Waals surface area contributed by atoms with Gasteiger partial charge >= 0.3 is 6.09 Å². The molecule has 0 bridgehead atoms. The van der Waals surface area contributed by atoms with Gasteiger partial charge in [-0.2, -0.15) is 0 Å². The van der Waals surface area contributed by atoms with E-state index in [0.717, 1.165) is 32.2 Å². The summed E-state index contributed by atoms with van der Waals surface area (Å²) in [7, 11) is 0. The predicted octanol–water partition coefficient (Wildman–Crippen LogP) is 1.29. The Bertz CT molecular complexity index is 173. The summed E-state index contributed by atoms with van der Waals surface area (Å²) in [5.41, 5.74) is 0. The highest BCUT2D eigenvalue weighted by Crippen LogP contribution is 2.08. The molecule has 0 aliphatic carbocycles. The second-order valence-electron chi connectivity index (χ2n) is 2.66. The van der Waals surface area contributed by atoms with E-state index in [1.165, 1.54) is 6.08 Å². The van der Waals surface area contributed by atoms with Gasteiger partial charge in [0.25, 0.3) is 0 Å². The number of ether oxygens (including phenoxy) is 1. The summed E-state index contributed by atoms with van der Waals surface area (Å²) in [4.78, 5) is 12.8. The monoisotopic (exact) mass is 171 g/mol. The van der Waals surface area contributed by atoms with Crippen molar-refractivity contribution >= 4 is 6.09 Å². The molecule has 0 aromatic carbocycles. The molecule has 4 nitrogen and oxygen atoms in total. The summed E-state index contributed by atoms with van der Waals surface area (Å²) < 4.78 is 4.81. The molecule has 12 heavy (non-hydrogen) atoms. The molecule has 1 amide bonds. The summed E-state index contributed by atoms with van der Waals surface area (Å²) in [6.07, 6.45) is 4.09. The van der Waals surface area contributed by atoms with Crippen LogP contribution in [0.15, 0.2) is 12.3 Å². The number of aliphatic hydroxyl groups excluding tert-OH is 1. The number of likely N-dealkylation sites (tertiary alicyclic amines) is 1. The smallest absolute Gasteiger partial charge is 0.410 e. The van der Waals surface area contributed by atoms with Crippen LogP contribution in [0.1, 0.15) is 12.8 Å². The topological polar surface area (TPSA) is 49.8 Å². The molecule has 1 rings (SSSR count). The van der Waals surface area contributed by atoms with Crippen LogP contribution in [-0.2, 0) is 4.74 Å². The average molecular weight is 171 g/mol. The maximum absolute atomic E-state index is 11.1. The quantitative estimate of drug-likeness (QED) is 0.637. The van der Waals surface area contributed by atoms with E-state index >= 15 is 0 Å². The van der Waals surface area contributed by atoms with Crippen molar-refractivity contribution in [3.05, 3.63) is 12.3 Å². The zero-order valence-electron chi connectivity index (χ0n) is 6.90. The number of carbonyl (C=O) groups excluding carboxylic acids is 1. The Morgan fingerprint density at radius 1 is 1.50 bits per heavy atom.